The van der Waals surface area contributed by atoms with E-state index < -0.39 is 0 Å². The van der Waals surface area contributed by atoms with Crippen molar-refractivity contribution in [1.29, 1.82) is 0 Å². The zero-order chi connectivity index (χ0) is 14.3. The van der Waals surface area contributed by atoms with Gasteiger partial charge >= 0.3 is 0 Å². The van der Waals surface area contributed by atoms with Crippen LogP contribution < -0.4 is 5.32 Å². The molecule has 2 saturated carbocycles. The highest BCUT2D eigenvalue weighted by Gasteiger charge is 2.55. The van der Waals surface area contributed by atoms with Crippen molar-refractivity contribution in [3.05, 3.63) is 34.4 Å². The smallest absolute Gasteiger partial charge is 0.0141 e. The van der Waals surface area contributed by atoms with Gasteiger partial charge in [-0.1, -0.05) is 31.0 Å². The van der Waals surface area contributed by atoms with Crippen LogP contribution in [0.3, 0.4) is 0 Å². The second kappa shape index (κ2) is 5.52. The molecular formula is C19H29N. The molecule has 0 spiro atoms. The van der Waals surface area contributed by atoms with Gasteiger partial charge in [0.25, 0.3) is 0 Å². The third-order valence-corrected chi connectivity index (χ3v) is 5.67. The van der Waals surface area contributed by atoms with Crippen molar-refractivity contribution < 1.29 is 0 Å². The van der Waals surface area contributed by atoms with Gasteiger partial charge in [-0.3, -0.25) is 0 Å². The summed E-state index contributed by atoms with van der Waals surface area (Å²) in [4.78, 5) is 0. The molecule has 3 rings (SSSR count). The van der Waals surface area contributed by atoms with E-state index in [-0.39, 0.29) is 0 Å². The van der Waals surface area contributed by atoms with Crippen molar-refractivity contribution in [1.82, 2.24) is 5.32 Å². The fourth-order valence-corrected chi connectivity index (χ4v) is 4.83. The van der Waals surface area contributed by atoms with E-state index in [4.69, 9.17) is 0 Å². The maximum Gasteiger partial charge on any atom is 0.0141 e. The Morgan fingerprint density at radius 3 is 2.25 bits per heavy atom. The molecule has 1 aromatic rings. The van der Waals surface area contributed by atoms with Crippen molar-refractivity contribution in [2.75, 3.05) is 6.54 Å². The highest BCUT2D eigenvalue weighted by Crippen LogP contribution is 2.59. The van der Waals surface area contributed by atoms with Crippen LogP contribution in [-0.4, -0.2) is 12.6 Å². The second-order valence-corrected chi connectivity index (χ2v) is 7.08. The lowest BCUT2D eigenvalue weighted by molar-refractivity contribution is 0.410. The van der Waals surface area contributed by atoms with Crippen LogP contribution in [0, 0.1) is 38.5 Å². The van der Waals surface area contributed by atoms with E-state index >= 15 is 0 Å². The Kier molecular flexibility index (Phi) is 3.90. The molecule has 3 unspecified atom stereocenters. The minimum absolute atomic E-state index is 0.704. The van der Waals surface area contributed by atoms with Gasteiger partial charge in [0.05, 0.1) is 0 Å². The molecule has 0 aromatic heterocycles. The van der Waals surface area contributed by atoms with Crippen molar-refractivity contribution in [2.24, 2.45) is 17.8 Å². The first-order chi connectivity index (χ1) is 9.61. The Hall–Kier alpha value is -0.820. The number of hydrogen-bond acceptors (Lipinski definition) is 1. The van der Waals surface area contributed by atoms with Crippen LogP contribution in [0.2, 0.25) is 0 Å². The summed E-state index contributed by atoms with van der Waals surface area (Å²) >= 11 is 0. The number of hydrogen-bond donors (Lipinski definition) is 1. The van der Waals surface area contributed by atoms with Crippen LogP contribution in [0.5, 0.6) is 0 Å². The monoisotopic (exact) mass is 271 g/mol. The molecule has 0 bridgehead atoms. The third kappa shape index (κ3) is 2.53. The molecule has 0 amide bonds. The molecule has 2 aliphatic carbocycles. The molecular weight excluding hydrogens is 242 g/mol. The molecule has 0 aliphatic heterocycles. The Morgan fingerprint density at radius 1 is 1.10 bits per heavy atom. The van der Waals surface area contributed by atoms with Gasteiger partial charge in [0.15, 0.2) is 0 Å². The average Bonchev–Trinajstić information content (AvgIpc) is 2.85. The first-order valence-electron chi connectivity index (χ1n) is 8.42. The van der Waals surface area contributed by atoms with E-state index in [2.05, 4.69) is 45.1 Å². The zero-order valence-electron chi connectivity index (χ0n) is 13.5. The molecule has 1 nitrogen and oxygen atoms in total. The Bertz CT molecular complexity index is 458. The van der Waals surface area contributed by atoms with Crippen LogP contribution >= 0.6 is 0 Å². The fourth-order valence-electron chi connectivity index (χ4n) is 4.83. The van der Waals surface area contributed by atoms with Crippen LogP contribution in [0.1, 0.15) is 48.4 Å². The normalized spacial score (nSPS) is 29.3. The van der Waals surface area contributed by atoms with Crippen molar-refractivity contribution in [3.63, 3.8) is 0 Å². The molecule has 1 N–H and O–H groups in total. The molecule has 20 heavy (non-hydrogen) atoms. The average molecular weight is 271 g/mol. The Balaban J connectivity index is 1.77. The van der Waals surface area contributed by atoms with Gasteiger partial charge in [-0.15, -0.1) is 0 Å². The molecule has 2 aliphatic rings. The van der Waals surface area contributed by atoms with Gasteiger partial charge in [-0.25, -0.2) is 0 Å². The van der Waals surface area contributed by atoms with Gasteiger partial charge in [-0.2, -0.15) is 0 Å². The van der Waals surface area contributed by atoms with Gasteiger partial charge in [0.1, 0.15) is 0 Å². The van der Waals surface area contributed by atoms with E-state index in [9.17, 15) is 0 Å². The number of nitrogens with one attached hydrogen (secondary N) is 1. The molecule has 3 atom stereocenters. The largest absolute Gasteiger partial charge is 0.314 e. The molecule has 1 heteroatoms. The predicted molar refractivity (Wildman–Crippen MR) is 86.1 cm³/mol. The maximum absolute atomic E-state index is 3.79. The highest BCUT2D eigenvalue weighted by molar-refractivity contribution is 5.38. The van der Waals surface area contributed by atoms with E-state index in [1.807, 2.05) is 0 Å². The van der Waals surface area contributed by atoms with Gasteiger partial charge in [0.2, 0.25) is 0 Å². The lowest BCUT2D eigenvalue weighted by Gasteiger charge is -2.22. The van der Waals surface area contributed by atoms with Crippen LogP contribution in [-0.2, 0) is 6.42 Å². The van der Waals surface area contributed by atoms with Gasteiger partial charge in [-0.05, 0) is 81.0 Å². The second-order valence-electron chi connectivity index (χ2n) is 7.08. The molecule has 0 saturated heterocycles. The lowest BCUT2D eigenvalue weighted by atomic mass is 9.91. The van der Waals surface area contributed by atoms with Crippen LogP contribution in [0.25, 0.3) is 0 Å². The summed E-state index contributed by atoms with van der Waals surface area (Å²) in [6, 6.07) is 5.40. The van der Waals surface area contributed by atoms with E-state index in [0.717, 1.165) is 24.3 Å². The quantitative estimate of drug-likeness (QED) is 0.847. The minimum Gasteiger partial charge on any atom is -0.314 e. The van der Waals surface area contributed by atoms with E-state index in [1.54, 1.807) is 5.56 Å². The van der Waals surface area contributed by atoms with Gasteiger partial charge in [0, 0.05) is 6.04 Å². The molecule has 110 valence electrons. The summed E-state index contributed by atoms with van der Waals surface area (Å²) < 4.78 is 0. The van der Waals surface area contributed by atoms with Crippen LogP contribution in [0.4, 0.5) is 0 Å². The standard InChI is InChI=1S/C19H29N/c1-5-20-18(19-15-7-6-8-16(15)19)11-17-13(3)9-12(2)10-14(17)4/h9-10,15-16,18-20H,5-8,11H2,1-4H3. The molecule has 0 heterocycles. The summed E-state index contributed by atoms with van der Waals surface area (Å²) in [5, 5.41) is 3.79. The molecule has 1 aromatic carbocycles. The summed E-state index contributed by atoms with van der Waals surface area (Å²) in [5.41, 5.74) is 5.95. The predicted octanol–water partition coefficient (Wildman–Crippen LogP) is 4.18. The molecule has 2 fully saturated rings. The number of aryl methyl sites for hydroxylation is 3. The topological polar surface area (TPSA) is 12.0 Å². The summed E-state index contributed by atoms with van der Waals surface area (Å²) in [5.74, 6) is 3.05. The number of benzene rings is 1. The third-order valence-electron chi connectivity index (χ3n) is 5.67. The maximum atomic E-state index is 3.79. The SMILES string of the molecule is CCNC(Cc1c(C)cc(C)cc1C)C1C2CCCC21. The molecule has 0 radical (unpaired) electrons. The van der Waals surface area contributed by atoms with E-state index in [0.29, 0.717) is 6.04 Å². The first kappa shape index (κ1) is 14.1. The Labute approximate surface area is 124 Å². The number of fused-ring (bicyclic) bond motifs is 1. The summed E-state index contributed by atoms with van der Waals surface area (Å²) in [6.07, 6.45) is 5.68. The lowest BCUT2D eigenvalue weighted by Crippen LogP contribution is -2.35. The van der Waals surface area contributed by atoms with E-state index in [1.165, 1.54) is 42.4 Å². The van der Waals surface area contributed by atoms with Gasteiger partial charge < -0.3 is 5.32 Å². The minimum atomic E-state index is 0.704. The van der Waals surface area contributed by atoms with Crippen molar-refractivity contribution >= 4 is 0 Å². The fraction of sp³-hybridized carbons (Fsp3) is 0.684. The van der Waals surface area contributed by atoms with Crippen molar-refractivity contribution in [3.8, 4) is 0 Å². The highest BCUT2D eigenvalue weighted by atomic mass is 14.9. The number of rotatable bonds is 5. The van der Waals surface area contributed by atoms with Crippen LogP contribution in [0.15, 0.2) is 12.1 Å². The van der Waals surface area contributed by atoms with Crippen molar-refractivity contribution in [2.45, 2.75) is 59.4 Å². The Morgan fingerprint density at radius 2 is 1.70 bits per heavy atom. The summed E-state index contributed by atoms with van der Waals surface area (Å²) in [7, 11) is 0. The first-order valence-corrected chi connectivity index (χ1v) is 8.42. The number of likely N-dealkylation sites (N-methyl/N-ethyl adjacent to an activating group) is 1. The zero-order valence-corrected chi connectivity index (χ0v) is 13.5. The summed E-state index contributed by atoms with van der Waals surface area (Å²) in [6.45, 7) is 10.1.